The normalized spacial score (nSPS) is 13.4. The van der Waals surface area contributed by atoms with E-state index in [4.69, 9.17) is 13.6 Å². The molecule has 0 saturated heterocycles. The number of hydrogen-bond acceptors (Lipinski definition) is 4. The van der Waals surface area contributed by atoms with Gasteiger partial charge in [0.05, 0.1) is 17.8 Å². The number of phosphoric acid groups is 1. The highest BCUT2D eigenvalue weighted by atomic mass is 31.2. The monoisotopic (exact) mass is 460 g/mol. The van der Waals surface area contributed by atoms with E-state index >= 15 is 0 Å². The number of rotatable bonds is 19. The second kappa shape index (κ2) is 17.3. The number of unbranched alkanes of at least 4 members (excludes halogenated alkanes) is 12. The zero-order chi connectivity index (χ0) is 23.6. The molecule has 0 aliphatic rings. The van der Waals surface area contributed by atoms with Gasteiger partial charge in [-0.3, -0.25) is 13.6 Å². The maximum absolute atomic E-state index is 12.9. The van der Waals surface area contributed by atoms with Crippen molar-refractivity contribution >= 4 is 7.82 Å². The van der Waals surface area contributed by atoms with Gasteiger partial charge in [0, 0.05) is 0 Å². The third-order valence-corrected chi connectivity index (χ3v) is 6.72. The van der Waals surface area contributed by atoms with E-state index in [1.807, 2.05) is 41.5 Å². The Bertz CT molecular complexity index is 469. The van der Waals surface area contributed by atoms with Crippen molar-refractivity contribution in [3.63, 3.8) is 0 Å². The molecule has 0 aliphatic carbocycles. The summed E-state index contributed by atoms with van der Waals surface area (Å²) in [5, 5.41) is 0. The zero-order valence-corrected chi connectivity index (χ0v) is 22.7. The third-order valence-electron chi connectivity index (χ3n) is 4.68. The quantitative estimate of drug-likeness (QED) is 0.109. The van der Waals surface area contributed by atoms with Gasteiger partial charge in [0.2, 0.25) is 0 Å². The Morgan fingerprint density at radius 1 is 0.613 bits per heavy atom. The molecule has 4 nitrogen and oxygen atoms in total. The van der Waals surface area contributed by atoms with Crippen molar-refractivity contribution in [3.05, 3.63) is 12.2 Å². The van der Waals surface area contributed by atoms with Crippen LogP contribution < -0.4 is 0 Å². The maximum atomic E-state index is 12.9. The molecule has 0 fully saturated rings. The Morgan fingerprint density at radius 3 is 1.42 bits per heavy atom. The molecule has 0 saturated carbocycles. The molecule has 186 valence electrons. The van der Waals surface area contributed by atoms with E-state index < -0.39 is 19.0 Å². The Labute approximate surface area is 194 Å². The first-order valence-corrected chi connectivity index (χ1v) is 14.2. The second-order valence-corrected chi connectivity index (χ2v) is 12.1. The minimum absolute atomic E-state index is 0.407. The molecule has 0 bridgehead atoms. The van der Waals surface area contributed by atoms with Crippen LogP contribution in [0.25, 0.3) is 0 Å². The Hall–Kier alpha value is -0.150. The summed E-state index contributed by atoms with van der Waals surface area (Å²) in [6, 6.07) is 0. The first-order chi connectivity index (χ1) is 14.5. The van der Waals surface area contributed by atoms with Crippen LogP contribution in [0.15, 0.2) is 12.2 Å². The molecular formula is C26H53O4P. The predicted molar refractivity (Wildman–Crippen MR) is 135 cm³/mol. The molecule has 31 heavy (non-hydrogen) atoms. The van der Waals surface area contributed by atoms with Crippen molar-refractivity contribution in [2.75, 3.05) is 6.61 Å². The second-order valence-electron chi connectivity index (χ2n) is 10.6. The number of allylic oxidation sites excluding steroid dienone is 2. The fraction of sp³-hybridized carbons (Fsp3) is 0.923. The van der Waals surface area contributed by atoms with Crippen LogP contribution in [0, 0.1) is 0 Å². The number of hydrogen-bond donors (Lipinski definition) is 0. The Balaban J connectivity index is 3.72. The van der Waals surface area contributed by atoms with Gasteiger partial charge in [-0.15, -0.1) is 0 Å². The number of phosphoric ester groups is 1. The summed E-state index contributed by atoms with van der Waals surface area (Å²) < 4.78 is 29.8. The first-order valence-electron chi connectivity index (χ1n) is 12.8. The molecule has 0 atom stereocenters. The SMILES string of the molecule is CCCCCCCC/C=C/CCCCCCCCOP(=O)(OC(C)(C)C)OC(C)(C)C. The highest BCUT2D eigenvalue weighted by Crippen LogP contribution is 2.55. The van der Waals surface area contributed by atoms with Crippen molar-refractivity contribution in [1.82, 2.24) is 0 Å². The molecule has 0 aliphatic heterocycles. The molecule has 0 radical (unpaired) electrons. The van der Waals surface area contributed by atoms with Gasteiger partial charge < -0.3 is 0 Å². The molecule has 0 spiro atoms. The summed E-state index contributed by atoms with van der Waals surface area (Å²) in [6.07, 6.45) is 22.4. The largest absolute Gasteiger partial charge is 0.475 e. The van der Waals surface area contributed by atoms with Crippen molar-refractivity contribution in [1.29, 1.82) is 0 Å². The molecular weight excluding hydrogens is 407 g/mol. The van der Waals surface area contributed by atoms with Crippen molar-refractivity contribution in [2.45, 2.75) is 150 Å². The van der Waals surface area contributed by atoms with Gasteiger partial charge in [-0.05, 0) is 73.6 Å². The molecule has 0 aromatic rings. The van der Waals surface area contributed by atoms with Crippen molar-refractivity contribution < 1.29 is 18.1 Å². The molecule has 0 aromatic carbocycles. The molecule has 5 heteroatoms. The summed E-state index contributed by atoms with van der Waals surface area (Å²) in [7, 11) is -3.56. The summed E-state index contributed by atoms with van der Waals surface area (Å²) in [6.45, 7) is 13.8. The summed E-state index contributed by atoms with van der Waals surface area (Å²) in [5.41, 5.74) is -1.16. The molecule has 0 unspecified atom stereocenters. The van der Waals surface area contributed by atoms with Gasteiger partial charge in [0.15, 0.2) is 0 Å². The van der Waals surface area contributed by atoms with Gasteiger partial charge >= 0.3 is 7.82 Å². The van der Waals surface area contributed by atoms with Gasteiger partial charge in [0.1, 0.15) is 0 Å². The lowest BCUT2D eigenvalue weighted by Crippen LogP contribution is -2.24. The molecule has 0 N–H and O–H groups in total. The van der Waals surface area contributed by atoms with Crippen LogP contribution in [0.3, 0.4) is 0 Å². The lowest BCUT2D eigenvalue weighted by Gasteiger charge is -2.30. The van der Waals surface area contributed by atoms with E-state index in [2.05, 4.69) is 19.1 Å². The summed E-state index contributed by atoms with van der Waals surface area (Å²) >= 11 is 0. The average Bonchev–Trinajstić information content (AvgIpc) is 2.61. The van der Waals surface area contributed by atoms with E-state index in [1.54, 1.807) is 0 Å². The first kappa shape index (κ1) is 30.9. The summed E-state index contributed by atoms with van der Waals surface area (Å²) in [5.74, 6) is 0. The van der Waals surface area contributed by atoms with Crippen LogP contribution in [0.1, 0.15) is 138 Å². The van der Waals surface area contributed by atoms with Crippen molar-refractivity contribution in [3.8, 4) is 0 Å². The average molecular weight is 461 g/mol. The minimum Gasteiger partial charge on any atom is -0.287 e. The smallest absolute Gasteiger partial charge is 0.287 e. The van der Waals surface area contributed by atoms with E-state index in [0.717, 1.165) is 12.8 Å². The zero-order valence-electron chi connectivity index (χ0n) is 21.8. The van der Waals surface area contributed by atoms with Crippen LogP contribution in [-0.4, -0.2) is 17.8 Å². The van der Waals surface area contributed by atoms with Crippen LogP contribution >= 0.6 is 7.82 Å². The van der Waals surface area contributed by atoms with Gasteiger partial charge in [-0.1, -0.05) is 76.9 Å². The standard InChI is InChI=1S/C26H53O4P/c1-8-9-10-11-12-13-14-15-16-17-18-19-20-21-22-23-24-28-31(27,29-25(2,3)4)30-26(5,6)7/h15-16H,8-14,17-24H2,1-7H3/b16-15+. The van der Waals surface area contributed by atoms with E-state index in [0.29, 0.717) is 6.61 Å². The molecule has 0 amide bonds. The van der Waals surface area contributed by atoms with Crippen LogP contribution in [-0.2, 0) is 18.1 Å². The maximum Gasteiger partial charge on any atom is 0.475 e. The van der Waals surface area contributed by atoms with Crippen LogP contribution in [0.5, 0.6) is 0 Å². The fourth-order valence-corrected chi connectivity index (χ4v) is 5.11. The van der Waals surface area contributed by atoms with Crippen LogP contribution in [0.4, 0.5) is 0 Å². The van der Waals surface area contributed by atoms with E-state index in [-0.39, 0.29) is 0 Å². The minimum atomic E-state index is -3.56. The Kier molecular flexibility index (Phi) is 17.3. The fourth-order valence-electron chi connectivity index (χ4n) is 3.27. The van der Waals surface area contributed by atoms with Crippen molar-refractivity contribution in [2.24, 2.45) is 0 Å². The predicted octanol–water partition coefficient (Wildman–Crippen LogP) is 9.78. The van der Waals surface area contributed by atoms with Gasteiger partial charge in [-0.2, -0.15) is 0 Å². The van der Waals surface area contributed by atoms with E-state index in [1.165, 1.54) is 77.0 Å². The summed E-state index contributed by atoms with van der Waals surface area (Å²) in [4.78, 5) is 0. The molecule has 0 rings (SSSR count). The lowest BCUT2D eigenvalue weighted by atomic mass is 10.1. The lowest BCUT2D eigenvalue weighted by molar-refractivity contribution is 0.00298. The van der Waals surface area contributed by atoms with Gasteiger partial charge in [0.25, 0.3) is 0 Å². The van der Waals surface area contributed by atoms with Gasteiger partial charge in [-0.25, -0.2) is 4.57 Å². The topological polar surface area (TPSA) is 44.8 Å². The molecule has 0 aromatic heterocycles. The molecule has 0 heterocycles. The van der Waals surface area contributed by atoms with Crippen LogP contribution in [0.2, 0.25) is 0 Å². The Morgan fingerprint density at radius 2 is 1.00 bits per heavy atom. The highest BCUT2D eigenvalue weighted by molar-refractivity contribution is 7.48. The highest BCUT2D eigenvalue weighted by Gasteiger charge is 2.36. The third kappa shape index (κ3) is 22.8. The van der Waals surface area contributed by atoms with E-state index in [9.17, 15) is 4.57 Å².